The minimum Gasteiger partial charge on any atom is -0.236 e. The molecule has 0 fully saturated rings. The number of hydrogen-bond acceptors (Lipinski definition) is 5. The fourth-order valence-corrected chi connectivity index (χ4v) is 7.84. The molecule has 0 spiro atoms. The summed E-state index contributed by atoms with van der Waals surface area (Å²) >= 11 is 1.72. The third kappa shape index (κ3) is 4.83. The van der Waals surface area contributed by atoms with E-state index in [9.17, 15) is 0 Å². The highest BCUT2D eigenvalue weighted by Crippen LogP contribution is 2.37. The third-order valence-corrected chi connectivity index (χ3v) is 10.3. The molecule has 0 saturated carbocycles. The molecule has 0 bridgehead atoms. The van der Waals surface area contributed by atoms with Gasteiger partial charge in [0.2, 0.25) is 0 Å². The summed E-state index contributed by atoms with van der Waals surface area (Å²) in [5.41, 5.74) is 4.99. The lowest BCUT2D eigenvalue weighted by Gasteiger charge is -2.13. The van der Waals surface area contributed by atoms with Gasteiger partial charge < -0.3 is 0 Å². The first-order valence-electron chi connectivity index (χ1n) is 16.3. The van der Waals surface area contributed by atoms with Crippen LogP contribution >= 0.6 is 11.3 Å². The van der Waals surface area contributed by atoms with E-state index in [4.69, 9.17) is 19.9 Å². The predicted octanol–water partition coefficient (Wildman–Crippen LogP) is 11.8. The molecule has 0 N–H and O–H groups in total. The fourth-order valence-electron chi connectivity index (χ4n) is 6.84. The van der Waals surface area contributed by atoms with Gasteiger partial charge in [-0.05, 0) is 73.4 Å². The highest BCUT2D eigenvalue weighted by atomic mass is 32.1. The van der Waals surface area contributed by atoms with Gasteiger partial charge in [0, 0.05) is 22.3 Å². The smallest absolute Gasteiger partial charge is 0.164 e. The topological polar surface area (TPSA) is 51.6 Å². The van der Waals surface area contributed by atoms with E-state index in [0.717, 1.165) is 59.7 Å². The molecule has 0 aliphatic carbocycles. The zero-order valence-corrected chi connectivity index (χ0v) is 27.0. The van der Waals surface area contributed by atoms with E-state index < -0.39 is 0 Å². The van der Waals surface area contributed by atoms with Crippen LogP contribution in [-0.4, -0.2) is 19.9 Å². The molecular weight excluding hydrogens is 617 g/mol. The standard InChI is InChI=1S/C44H26N4S/c1-2-11-28(12-3-1)44-45-39-25-34-23-33(21-19-30(34)26-40(39)49-44)42-46-41(32-20-18-27-10-4-5-13-29(27)22-32)47-43(48-42)38-24-31-14-6-7-15-35(31)36-16-8-9-17-37(36)38/h1-26H. The summed E-state index contributed by atoms with van der Waals surface area (Å²) in [5, 5.41) is 10.3. The van der Waals surface area contributed by atoms with Gasteiger partial charge in [0.1, 0.15) is 5.01 Å². The largest absolute Gasteiger partial charge is 0.236 e. The molecule has 10 aromatic rings. The van der Waals surface area contributed by atoms with Crippen molar-refractivity contribution in [3.05, 3.63) is 158 Å². The highest BCUT2D eigenvalue weighted by molar-refractivity contribution is 7.21. The van der Waals surface area contributed by atoms with Crippen molar-refractivity contribution >= 4 is 64.6 Å². The summed E-state index contributed by atoms with van der Waals surface area (Å²) in [6.45, 7) is 0. The van der Waals surface area contributed by atoms with E-state index in [1.165, 1.54) is 20.9 Å². The Balaban J connectivity index is 1.18. The Hall–Kier alpha value is -6.30. The lowest BCUT2D eigenvalue weighted by Crippen LogP contribution is -2.01. The fraction of sp³-hybridized carbons (Fsp3) is 0. The second-order valence-corrected chi connectivity index (χ2v) is 13.4. The summed E-state index contributed by atoms with van der Waals surface area (Å²) in [6.07, 6.45) is 0. The molecule has 49 heavy (non-hydrogen) atoms. The predicted molar refractivity (Wildman–Crippen MR) is 205 cm³/mol. The number of hydrogen-bond donors (Lipinski definition) is 0. The van der Waals surface area contributed by atoms with Crippen LogP contribution in [0.4, 0.5) is 0 Å². The lowest BCUT2D eigenvalue weighted by atomic mass is 9.97. The van der Waals surface area contributed by atoms with Crippen LogP contribution < -0.4 is 0 Å². The molecule has 2 heterocycles. The van der Waals surface area contributed by atoms with Crippen molar-refractivity contribution in [2.75, 3.05) is 0 Å². The summed E-state index contributed by atoms with van der Waals surface area (Å²) in [4.78, 5) is 20.5. The third-order valence-electron chi connectivity index (χ3n) is 9.28. The van der Waals surface area contributed by atoms with Gasteiger partial charge in [-0.3, -0.25) is 0 Å². The molecular formula is C44H26N4S. The molecule has 0 unspecified atom stereocenters. The zero-order valence-electron chi connectivity index (χ0n) is 26.2. The Kier molecular flexibility index (Phi) is 6.32. The first-order chi connectivity index (χ1) is 24.2. The van der Waals surface area contributed by atoms with E-state index in [0.29, 0.717) is 17.5 Å². The molecule has 228 valence electrons. The Labute approximate surface area is 286 Å². The molecule has 10 rings (SSSR count). The van der Waals surface area contributed by atoms with Crippen molar-refractivity contribution in [3.8, 4) is 44.7 Å². The van der Waals surface area contributed by atoms with Gasteiger partial charge in [0.25, 0.3) is 0 Å². The van der Waals surface area contributed by atoms with Crippen LogP contribution in [0.15, 0.2) is 158 Å². The maximum atomic E-state index is 5.20. The molecule has 0 radical (unpaired) electrons. The van der Waals surface area contributed by atoms with Crippen LogP contribution in [0, 0.1) is 0 Å². The molecule has 8 aromatic carbocycles. The van der Waals surface area contributed by atoms with Crippen LogP contribution in [0.2, 0.25) is 0 Å². The van der Waals surface area contributed by atoms with Gasteiger partial charge in [-0.15, -0.1) is 11.3 Å². The maximum Gasteiger partial charge on any atom is 0.164 e. The summed E-state index contributed by atoms with van der Waals surface area (Å²) in [7, 11) is 0. The first-order valence-corrected chi connectivity index (χ1v) is 17.1. The molecule has 0 aliphatic heterocycles. The minimum atomic E-state index is 0.635. The van der Waals surface area contributed by atoms with Crippen LogP contribution in [-0.2, 0) is 0 Å². The van der Waals surface area contributed by atoms with Gasteiger partial charge >= 0.3 is 0 Å². The van der Waals surface area contributed by atoms with E-state index in [1.807, 2.05) is 6.07 Å². The van der Waals surface area contributed by atoms with E-state index in [1.54, 1.807) is 11.3 Å². The SMILES string of the molecule is c1ccc(-c2nc3cc4cc(-c5nc(-c6ccc7ccccc7c6)nc(-c6cc7ccccc7c7ccccc67)n5)ccc4cc3s2)cc1. The number of benzene rings is 8. The van der Waals surface area contributed by atoms with E-state index >= 15 is 0 Å². The monoisotopic (exact) mass is 642 g/mol. The van der Waals surface area contributed by atoms with Crippen molar-refractivity contribution in [2.24, 2.45) is 0 Å². The van der Waals surface area contributed by atoms with Crippen molar-refractivity contribution in [1.82, 2.24) is 19.9 Å². The van der Waals surface area contributed by atoms with Gasteiger partial charge in [0.15, 0.2) is 17.5 Å². The summed E-state index contributed by atoms with van der Waals surface area (Å²) in [5.74, 6) is 1.93. The van der Waals surface area contributed by atoms with Crippen molar-refractivity contribution in [2.45, 2.75) is 0 Å². The van der Waals surface area contributed by atoms with Crippen molar-refractivity contribution in [1.29, 1.82) is 0 Å². The zero-order chi connectivity index (χ0) is 32.3. The molecule has 2 aromatic heterocycles. The minimum absolute atomic E-state index is 0.635. The van der Waals surface area contributed by atoms with E-state index in [-0.39, 0.29) is 0 Å². The lowest BCUT2D eigenvalue weighted by molar-refractivity contribution is 1.08. The average molecular weight is 643 g/mol. The molecule has 0 amide bonds. The Morgan fingerprint density at radius 1 is 0.347 bits per heavy atom. The first kappa shape index (κ1) is 27.8. The van der Waals surface area contributed by atoms with Gasteiger partial charge in [-0.25, -0.2) is 19.9 Å². The Morgan fingerprint density at radius 3 is 1.73 bits per heavy atom. The van der Waals surface area contributed by atoms with Gasteiger partial charge in [-0.1, -0.05) is 127 Å². The number of nitrogens with zero attached hydrogens (tertiary/aromatic N) is 4. The number of rotatable bonds is 4. The number of fused-ring (bicyclic) bond motifs is 6. The number of aromatic nitrogens is 4. The Morgan fingerprint density at radius 2 is 0.939 bits per heavy atom. The highest BCUT2D eigenvalue weighted by Gasteiger charge is 2.17. The van der Waals surface area contributed by atoms with E-state index in [2.05, 4.69) is 152 Å². The molecule has 4 nitrogen and oxygen atoms in total. The quantitative estimate of drug-likeness (QED) is 0.179. The number of thiazole rings is 1. The molecule has 5 heteroatoms. The maximum absolute atomic E-state index is 5.20. The molecule has 0 saturated heterocycles. The molecule has 0 atom stereocenters. The Bertz CT molecular complexity index is 2890. The average Bonchev–Trinajstić information content (AvgIpc) is 3.59. The second kappa shape index (κ2) is 11.2. The van der Waals surface area contributed by atoms with Crippen LogP contribution in [0.5, 0.6) is 0 Å². The van der Waals surface area contributed by atoms with Crippen LogP contribution in [0.1, 0.15) is 0 Å². The summed E-state index contributed by atoms with van der Waals surface area (Å²) in [6, 6.07) is 55.3. The van der Waals surface area contributed by atoms with Crippen molar-refractivity contribution in [3.63, 3.8) is 0 Å². The van der Waals surface area contributed by atoms with Gasteiger partial charge in [0.05, 0.1) is 10.2 Å². The normalized spacial score (nSPS) is 11.7. The van der Waals surface area contributed by atoms with Crippen LogP contribution in [0.3, 0.4) is 0 Å². The van der Waals surface area contributed by atoms with Crippen molar-refractivity contribution < 1.29 is 0 Å². The van der Waals surface area contributed by atoms with Crippen LogP contribution in [0.25, 0.3) is 98.0 Å². The van der Waals surface area contributed by atoms with Gasteiger partial charge in [-0.2, -0.15) is 0 Å². The summed E-state index contributed by atoms with van der Waals surface area (Å²) < 4.78 is 1.17. The second-order valence-electron chi connectivity index (χ2n) is 12.3. The molecule has 0 aliphatic rings.